The summed E-state index contributed by atoms with van der Waals surface area (Å²) in [4.78, 5) is 0. The fourth-order valence-electron chi connectivity index (χ4n) is 2.57. The lowest BCUT2D eigenvalue weighted by atomic mass is 10.0. The van der Waals surface area contributed by atoms with Gasteiger partial charge in [-0.1, -0.05) is 6.07 Å². The molecule has 17 heavy (non-hydrogen) atoms. The lowest BCUT2D eigenvalue weighted by Crippen LogP contribution is -2.33. The second-order valence-corrected chi connectivity index (χ2v) is 5.17. The molecule has 2 heterocycles. The van der Waals surface area contributed by atoms with E-state index >= 15 is 0 Å². The Morgan fingerprint density at radius 1 is 1.41 bits per heavy atom. The van der Waals surface area contributed by atoms with Crippen LogP contribution >= 0.6 is 0 Å². The highest BCUT2D eigenvalue weighted by Crippen LogP contribution is 2.34. The van der Waals surface area contributed by atoms with Crippen molar-refractivity contribution in [3.63, 3.8) is 0 Å². The molecule has 2 aliphatic heterocycles. The Labute approximate surface area is 102 Å². The van der Waals surface area contributed by atoms with E-state index in [9.17, 15) is 0 Å². The van der Waals surface area contributed by atoms with Crippen LogP contribution < -0.4 is 10.1 Å². The van der Waals surface area contributed by atoms with Crippen molar-refractivity contribution in [3.8, 4) is 5.75 Å². The average Bonchev–Trinajstić information content (AvgIpc) is 2.76. The summed E-state index contributed by atoms with van der Waals surface area (Å²) in [5.74, 6) is 1.03. The van der Waals surface area contributed by atoms with Gasteiger partial charge in [-0.3, -0.25) is 0 Å². The van der Waals surface area contributed by atoms with E-state index in [1.54, 1.807) is 0 Å². The van der Waals surface area contributed by atoms with Gasteiger partial charge in [0.2, 0.25) is 0 Å². The summed E-state index contributed by atoms with van der Waals surface area (Å²) < 4.78 is 11.6. The molecular formula is C14H19NO2. The molecule has 1 N–H and O–H groups in total. The largest absolute Gasteiger partial charge is 0.485 e. The fourth-order valence-corrected chi connectivity index (χ4v) is 2.57. The van der Waals surface area contributed by atoms with E-state index in [1.807, 2.05) is 0 Å². The maximum atomic E-state index is 6.20. The van der Waals surface area contributed by atoms with Crippen molar-refractivity contribution < 1.29 is 9.47 Å². The zero-order chi connectivity index (χ0) is 11.7. The number of ether oxygens (including phenoxy) is 2. The number of rotatable bonds is 2. The molecule has 1 unspecified atom stereocenters. The van der Waals surface area contributed by atoms with E-state index in [0.717, 1.165) is 31.7 Å². The van der Waals surface area contributed by atoms with Crippen molar-refractivity contribution in [1.82, 2.24) is 0 Å². The minimum absolute atomic E-state index is 0.146. The molecule has 1 aromatic carbocycles. The molecule has 2 aliphatic rings. The van der Waals surface area contributed by atoms with Crippen LogP contribution in [0.15, 0.2) is 18.2 Å². The summed E-state index contributed by atoms with van der Waals surface area (Å²) in [6.07, 6.45) is 3.26. The lowest BCUT2D eigenvalue weighted by Gasteiger charge is -2.28. The predicted molar refractivity (Wildman–Crippen MR) is 67.7 cm³/mol. The van der Waals surface area contributed by atoms with Gasteiger partial charge in [0.1, 0.15) is 11.4 Å². The van der Waals surface area contributed by atoms with Crippen molar-refractivity contribution in [3.05, 3.63) is 23.8 Å². The molecule has 1 aromatic rings. The number of nitrogens with one attached hydrogen (secondary N) is 1. The molecule has 0 radical (unpaired) electrons. The molecule has 1 atom stereocenters. The maximum Gasteiger partial charge on any atom is 0.132 e. The Morgan fingerprint density at radius 2 is 2.35 bits per heavy atom. The van der Waals surface area contributed by atoms with Gasteiger partial charge in [0.15, 0.2) is 0 Å². The quantitative estimate of drug-likeness (QED) is 0.851. The van der Waals surface area contributed by atoms with Gasteiger partial charge in [0.25, 0.3) is 0 Å². The normalized spacial score (nSPS) is 27.4. The first-order chi connectivity index (χ1) is 8.27. The molecule has 0 amide bonds. The van der Waals surface area contributed by atoms with Crippen molar-refractivity contribution in [2.45, 2.75) is 31.8 Å². The Kier molecular flexibility index (Phi) is 2.71. The molecule has 0 spiro atoms. The molecule has 0 aromatic heterocycles. The van der Waals surface area contributed by atoms with Crippen molar-refractivity contribution in [2.24, 2.45) is 0 Å². The van der Waals surface area contributed by atoms with Crippen molar-refractivity contribution >= 4 is 5.69 Å². The minimum Gasteiger partial charge on any atom is -0.485 e. The third-order valence-electron chi connectivity index (χ3n) is 3.59. The molecule has 0 saturated carbocycles. The molecule has 92 valence electrons. The monoisotopic (exact) mass is 233 g/mol. The molecule has 3 rings (SSSR count). The summed E-state index contributed by atoms with van der Waals surface area (Å²) in [6.45, 7) is 4.71. The molecule has 0 bridgehead atoms. The van der Waals surface area contributed by atoms with Gasteiger partial charge in [-0.2, -0.15) is 0 Å². The van der Waals surface area contributed by atoms with E-state index in [1.165, 1.54) is 17.7 Å². The Morgan fingerprint density at radius 3 is 3.18 bits per heavy atom. The van der Waals surface area contributed by atoms with E-state index in [4.69, 9.17) is 9.47 Å². The van der Waals surface area contributed by atoms with E-state index in [0.29, 0.717) is 6.61 Å². The van der Waals surface area contributed by atoms with E-state index in [-0.39, 0.29) is 5.60 Å². The van der Waals surface area contributed by atoms with Crippen LogP contribution in [0.25, 0.3) is 0 Å². The Bertz CT molecular complexity index is 411. The summed E-state index contributed by atoms with van der Waals surface area (Å²) in [5.41, 5.74) is 2.41. The third-order valence-corrected chi connectivity index (χ3v) is 3.59. The summed E-state index contributed by atoms with van der Waals surface area (Å²) in [5, 5.41) is 3.43. The van der Waals surface area contributed by atoms with Gasteiger partial charge in [0.05, 0.1) is 13.2 Å². The fraction of sp³-hybridized carbons (Fsp3) is 0.571. The first kappa shape index (κ1) is 10.9. The minimum atomic E-state index is -0.146. The summed E-state index contributed by atoms with van der Waals surface area (Å²) in [7, 11) is 0. The first-order valence-electron chi connectivity index (χ1n) is 6.39. The summed E-state index contributed by atoms with van der Waals surface area (Å²) in [6, 6.07) is 6.27. The smallest absolute Gasteiger partial charge is 0.132 e. The zero-order valence-corrected chi connectivity index (χ0v) is 10.3. The van der Waals surface area contributed by atoms with Crippen LogP contribution in [-0.4, -0.2) is 25.4 Å². The standard InChI is InChI=1S/C14H19NO2/c1-14(7-9-16-10-14)17-13-6-2-5-12-11(13)4-3-8-15-12/h2,5-6,15H,3-4,7-10H2,1H3. The average molecular weight is 233 g/mol. The molecular weight excluding hydrogens is 214 g/mol. The van der Waals surface area contributed by atoms with Crippen LogP contribution in [0, 0.1) is 0 Å². The number of hydrogen-bond acceptors (Lipinski definition) is 3. The second kappa shape index (κ2) is 4.22. The molecule has 3 heteroatoms. The van der Waals surface area contributed by atoms with Crippen LogP contribution in [0.3, 0.4) is 0 Å². The van der Waals surface area contributed by atoms with Gasteiger partial charge < -0.3 is 14.8 Å². The second-order valence-electron chi connectivity index (χ2n) is 5.17. The number of anilines is 1. The van der Waals surface area contributed by atoms with E-state index in [2.05, 4.69) is 30.4 Å². The number of fused-ring (bicyclic) bond motifs is 1. The van der Waals surface area contributed by atoms with Gasteiger partial charge in [-0.05, 0) is 31.9 Å². The highest BCUT2D eigenvalue weighted by atomic mass is 16.6. The van der Waals surface area contributed by atoms with Gasteiger partial charge in [-0.15, -0.1) is 0 Å². The van der Waals surface area contributed by atoms with Crippen LogP contribution in [0.2, 0.25) is 0 Å². The Hall–Kier alpha value is -1.22. The Balaban J connectivity index is 1.87. The SMILES string of the molecule is CC1(Oc2cccc3c2CCCN3)CCOC1. The zero-order valence-electron chi connectivity index (χ0n) is 10.3. The van der Waals surface area contributed by atoms with Gasteiger partial charge >= 0.3 is 0 Å². The number of hydrogen-bond donors (Lipinski definition) is 1. The number of benzene rings is 1. The molecule has 3 nitrogen and oxygen atoms in total. The van der Waals surface area contributed by atoms with Crippen LogP contribution in [-0.2, 0) is 11.2 Å². The lowest BCUT2D eigenvalue weighted by molar-refractivity contribution is 0.0655. The van der Waals surface area contributed by atoms with Crippen molar-refractivity contribution in [2.75, 3.05) is 25.1 Å². The maximum absolute atomic E-state index is 6.20. The molecule has 1 fully saturated rings. The molecule has 0 aliphatic carbocycles. The highest BCUT2D eigenvalue weighted by Gasteiger charge is 2.32. The van der Waals surface area contributed by atoms with Crippen LogP contribution in [0.4, 0.5) is 5.69 Å². The predicted octanol–water partition coefficient (Wildman–Crippen LogP) is 2.60. The van der Waals surface area contributed by atoms with Crippen LogP contribution in [0.5, 0.6) is 5.75 Å². The highest BCUT2D eigenvalue weighted by molar-refractivity contribution is 5.59. The first-order valence-corrected chi connectivity index (χ1v) is 6.39. The van der Waals surface area contributed by atoms with Gasteiger partial charge in [-0.25, -0.2) is 0 Å². The summed E-state index contributed by atoms with van der Waals surface area (Å²) >= 11 is 0. The third kappa shape index (κ3) is 2.12. The molecule has 1 saturated heterocycles. The van der Waals surface area contributed by atoms with Crippen LogP contribution in [0.1, 0.15) is 25.3 Å². The van der Waals surface area contributed by atoms with Crippen molar-refractivity contribution in [1.29, 1.82) is 0 Å². The van der Waals surface area contributed by atoms with Gasteiger partial charge in [0, 0.05) is 24.2 Å². The van der Waals surface area contributed by atoms with E-state index < -0.39 is 0 Å². The topological polar surface area (TPSA) is 30.5 Å².